The van der Waals surface area contributed by atoms with Crippen LogP contribution in [0.25, 0.3) is 11.2 Å². The van der Waals surface area contributed by atoms with Crippen LogP contribution in [0.1, 0.15) is 43.5 Å². The molecule has 7 heteroatoms. The number of nitrogens with zero attached hydrogens (tertiary/aromatic N) is 4. The number of hydrogen-bond donors (Lipinski definition) is 1. The van der Waals surface area contributed by atoms with Gasteiger partial charge in [0.2, 0.25) is 11.9 Å². The first-order valence-corrected chi connectivity index (χ1v) is 9.03. The van der Waals surface area contributed by atoms with Gasteiger partial charge in [-0.3, -0.25) is 4.40 Å². The lowest BCUT2D eigenvalue weighted by Gasteiger charge is -2.16. The van der Waals surface area contributed by atoms with Gasteiger partial charge in [0.05, 0.1) is 18.4 Å². The molecule has 27 heavy (non-hydrogen) atoms. The maximum Gasteiger partial charge on any atom is 0.222 e. The van der Waals surface area contributed by atoms with Gasteiger partial charge >= 0.3 is 0 Å². The van der Waals surface area contributed by atoms with Crippen LogP contribution in [0.5, 0.6) is 0 Å². The minimum absolute atomic E-state index is 0.144. The predicted molar refractivity (Wildman–Crippen MR) is 101 cm³/mol. The third kappa shape index (κ3) is 3.67. The Morgan fingerprint density at radius 2 is 2.07 bits per heavy atom. The van der Waals surface area contributed by atoms with Crippen molar-refractivity contribution in [2.75, 3.05) is 11.9 Å². The molecule has 3 aromatic rings. The molecule has 140 valence electrons. The highest BCUT2D eigenvalue weighted by Gasteiger charge is 2.19. The van der Waals surface area contributed by atoms with Crippen molar-refractivity contribution in [1.29, 1.82) is 0 Å². The molecular weight excluding hydrogens is 348 g/mol. The topological polar surface area (TPSA) is 55.1 Å². The van der Waals surface area contributed by atoms with Crippen LogP contribution in [0.4, 0.5) is 14.7 Å². The third-order valence-corrected chi connectivity index (χ3v) is 4.56. The van der Waals surface area contributed by atoms with Crippen molar-refractivity contribution in [1.82, 2.24) is 19.4 Å². The molecule has 0 saturated carbocycles. The van der Waals surface area contributed by atoms with Crippen molar-refractivity contribution in [2.24, 2.45) is 0 Å². The van der Waals surface area contributed by atoms with Crippen molar-refractivity contribution < 1.29 is 8.78 Å². The van der Waals surface area contributed by atoms with E-state index in [0.717, 1.165) is 41.7 Å². The fourth-order valence-electron chi connectivity index (χ4n) is 3.22. The quantitative estimate of drug-likeness (QED) is 0.749. The van der Waals surface area contributed by atoms with E-state index >= 15 is 0 Å². The lowest BCUT2D eigenvalue weighted by atomic mass is 9.99. The molecule has 0 atom stereocenters. The molecule has 1 N–H and O–H groups in total. The summed E-state index contributed by atoms with van der Waals surface area (Å²) in [5, 5.41) is 2.96. The van der Waals surface area contributed by atoms with Crippen molar-refractivity contribution in [3.63, 3.8) is 0 Å². The average Bonchev–Trinajstić information content (AvgIpc) is 2.87. The van der Waals surface area contributed by atoms with Crippen LogP contribution in [0.15, 0.2) is 36.8 Å². The number of aromatic nitrogens is 4. The summed E-state index contributed by atoms with van der Waals surface area (Å²) in [7, 11) is 0. The van der Waals surface area contributed by atoms with E-state index in [-0.39, 0.29) is 6.54 Å². The van der Waals surface area contributed by atoms with Crippen LogP contribution in [0.3, 0.4) is 0 Å². The largest absolute Gasteiger partial charge is 0.351 e. The second-order valence-corrected chi connectivity index (χ2v) is 7.36. The van der Waals surface area contributed by atoms with Gasteiger partial charge in [-0.05, 0) is 56.4 Å². The Hall–Kier alpha value is -2.83. The predicted octanol–water partition coefficient (Wildman–Crippen LogP) is 4.19. The van der Waals surface area contributed by atoms with Crippen molar-refractivity contribution >= 4 is 17.2 Å². The maximum absolute atomic E-state index is 13.9. The average molecular weight is 369 g/mol. The molecule has 0 unspecified atom stereocenters. The molecule has 0 fully saturated rings. The zero-order valence-electron chi connectivity index (χ0n) is 15.3. The number of imidazole rings is 1. The number of nitrogens with one attached hydrogen (secondary N) is 1. The van der Waals surface area contributed by atoms with Crippen molar-refractivity contribution in [2.45, 2.75) is 38.8 Å². The van der Waals surface area contributed by atoms with E-state index in [0.29, 0.717) is 11.6 Å². The number of pyridine rings is 1. The number of hydrogen-bond acceptors (Lipinski definition) is 4. The maximum atomic E-state index is 13.9. The van der Waals surface area contributed by atoms with Gasteiger partial charge in [0.25, 0.3) is 0 Å². The fourth-order valence-corrected chi connectivity index (χ4v) is 3.22. The van der Waals surface area contributed by atoms with Crippen LogP contribution >= 0.6 is 0 Å². The van der Waals surface area contributed by atoms with Gasteiger partial charge in [0, 0.05) is 18.0 Å². The van der Waals surface area contributed by atoms with Crippen LogP contribution in [0.2, 0.25) is 0 Å². The lowest BCUT2D eigenvalue weighted by Crippen LogP contribution is -2.25. The molecule has 0 spiro atoms. The summed E-state index contributed by atoms with van der Waals surface area (Å²) in [6, 6.07) is 3.73. The highest BCUT2D eigenvalue weighted by Crippen LogP contribution is 2.30. The minimum atomic E-state index is -1.34. The van der Waals surface area contributed by atoms with E-state index < -0.39 is 11.6 Å². The van der Waals surface area contributed by atoms with E-state index in [1.807, 2.05) is 6.07 Å². The lowest BCUT2D eigenvalue weighted by molar-refractivity contribution is 0.234. The molecular formula is C20H21F2N5. The molecule has 0 amide bonds. The summed E-state index contributed by atoms with van der Waals surface area (Å²) >= 11 is 0. The molecule has 5 nitrogen and oxygen atoms in total. The first-order valence-electron chi connectivity index (χ1n) is 9.03. The molecule has 0 bridgehead atoms. The summed E-state index contributed by atoms with van der Waals surface area (Å²) in [5.74, 6) is 0.0303. The number of anilines is 1. The Morgan fingerprint density at radius 3 is 2.89 bits per heavy atom. The van der Waals surface area contributed by atoms with Gasteiger partial charge < -0.3 is 5.32 Å². The first-order chi connectivity index (χ1) is 12.9. The molecule has 4 rings (SSSR count). The van der Waals surface area contributed by atoms with Crippen molar-refractivity contribution in [3.05, 3.63) is 59.6 Å². The zero-order chi connectivity index (χ0) is 19.0. The molecule has 3 aromatic heterocycles. The van der Waals surface area contributed by atoms with Gasteiger partial charge in [0.1, 0.15) is 11.3 Å². The Morgan fingerprint density at radius 1 is 1.22 bits per heavy atom. The van der Waals surface area contributed by atoms with E-state index in [4.69, 9.17) is 0 Å². The summed E-state index contributed by atoms with van der Waals surface area (Å²) in [4.78, 5) is 13.0. The van der Waals surface area contributed by atoms with Crippen LogP contribution in [0, 0.1) is 5.95 Å². The SMILES string of the molecule is CC(C)(F)CNc1ncc2c(n1)CCCC=C2c1ccc2ncc(F)n2c1. The van der Waals surface area contributed by atoms with E-state index in [9.17, 15) is 8.78 Å². The standard InChI is InChI=1S/C20H21F2N5/c1-20(2,22)12-25-19-24-9-15-14(5-3-4-6-16(15)26-19)13-7-8-18-23-10-17(21)27(18)11-13/h5,7-11H,3-4,6,12H2,1-2H3,(H,24,25,26). The fraction of sp³-hybridized carbons (Fsp3) is 0.350. The summed E-state index contributed by atoms with van der Waals surface area (Å²) in [6.07, 6.45) is 9.54. The number of rotatable bonds is 4. The number of allylic oxidation sites excluding steroid dienone is 1. The summed E-state index contributed by atoms with van der Waals surface area (Å²) in [5.41, 5.74) is 2.93. The second-order valence-electron chi connectivity index (χ2n) is 7.36. The first kappa shape index (κ1) is 17.6. The Labute approximate surface area is 156 Å². The molecule has 1 aliphatic rings. The number of halogens is 2. The second kappa shape index (κ2) is 6.72. The Balaban J connectivity index is 1.70. The number of fused-ring (bicyclic) bond motifs is 2. The van der Waals surface area contributed by atoms with Crippen LogP contribution < -0.4 is 5.32 Å². The number of alkyl halides is 1. The molecule has 0 aliphatic heterocycles. The highest BCUT2D eigenvalue weighted by atomic mass is 19.1. The number of aryl methyl sites for hydroxylation is 1. The van der Waals surface area contributed by atoms with Gasteiger partial charge in [-0.2, -0.15) is 4.39 Å². The van der Waals surface area contributed by atoms with Crippen LogP contribution in [-0.2, 0) is 6.42 Å². The van der Waals surface area contributed by atoms with E-state index in [1.54, 1.807) is 18.5 Å². The molecule has 0 saturated heterocycles. The Bertz CT molecular complexity index is 1020. The van der Waals surface area contributed by atoms with Gasteiger partial charge in [-0.1, -0.05) is 6.08 Å². The molecule has 1 aliphatic carbocycles. The van der Waals surface area contributed by atoms with Gasteiger partial charge in [-0.25, -0.2) is 19.3 Å². The van der Waals surface area contributed by atoms with E-state index in [1.165, 1.54) is 24.4 Å². The van der Waals surface area contributed by atoms with Crippen LogP contribution in [-0.4, -0.2) is 31.6 Å². The zero-order valence-corrected chi connectivity index (χ0v) is 15.3. The van der Waals surface area contributed by atoms with Crippen molar-refractivity contribution in [3.8, 4) is 0 Å². The summed E-state index contributed by atoms with van der Waals surface area (Å²) < 4.78 is 29.1. The Kier molecular flexibility index (Phi) is 4.37. The molecule has 3 heterocycles. The highest BCUT2D eigenvalue weighted by molar-refractivity contribution is 5.81. The molecule has 0 radical (unpaired) electrons. The minimum Gasteiger partial charge on any atom is -0.351 e. The third-order valence-electron chi connectivity index (χ3n) is 4.56. The molecule has 0 aromatic carbocycles. The smallest absolute Gasteiger partial charge is 0.222 e. The monoisotopic (exact) mass is 369 g/mol. The normalized spacial score (nSPS) is 14.6. The van der Waals surface area contributed by atoms with E-state index in [2.05, 4.69) is 26.3 Å². The van der Waals surface area contributed by atoms with Gasteiger partial charge in [-0.15, -0.1) is 0 Å². The summed E-state index contributed by atoms with van der Waals surface area (Å²) in [6.45, 7) is 3.16. The van der Waals surface area contributed by atoms with Gasteiger partial charge in [0.15, 0.2) is 0 Å².